The zero-order valence-corrected chi connectivity index (χ0v) is 28.4. The van der Waals surface area contributed by atoms with Crippen LogP contribution >= 0.6 is 7.37 Å². The van der Waals surface area contributed by atoms with E-state index in [1.54, 1.807) is 0 Å². The molecule has 5 rings (SSSR count). The number of rotatable bonds is 10. The fourth-order valence-electron chi connectivity index (χ4n) is 7.91. The predicted octanol–water partition coefficient (Wildman–Crippen LogP) is 6.81. The van der Waals surface area contributed by atoms with Gasteiger partial charge in [-0.15, -0.1) is 0 Å². The highest BCUT2D eigenvalue weighted by Gasteiger charge is 2.54. The second kappa shape index (κ2) is 14.1. The quantitative estimate of drug-likeness (QED) is 0.225. The second-order valence-electron chi connectivity index (χ2n) is 14.4. The summed E-state index contributed by atoms with van der Waals surface area (Å²) in [4.78, 5) is 25.6. The van der Waals surface area contributed by atoms with Gasteiger partial charge in [-0.2, -0.15) is 0 Å². The smallest absolute Gasteiger partial charge is 0.311 e. The Kier molecular flexibility index (Phi) is 10.6. The van der Waals surface area contributed by atoms with E-state index in [0.717, 1.165) is 19.3 Å². The Labute approximate surface area is 268 Å². The second-order valence-corrected chi connectivity index (χ2v) is 16.8. The zero-order valence-electron chi connectivity index (χ0n) is 27.5. The predicted molar refractivity (Wildman–Crippen MR) is 176 cm³/mol. The third-order valence-corrected chi connectivity index (χ3v) is 13.4. The van der Waals surface area contributed by atoms with Crippen LogP contribution in [0.3, 0.4) is 0 Å². The first-order chi connectivity index (χ1) is 21.4. The minimum Gasteiger partial charge on any atom is -0.462 e. The van der Waals surface area contributed by atoms with Crippen LogP contribution in [0, 0.1) is 35.0 Å². The summed E-state index contributed by atoms with van der Waals surface area (Å²) in [5.74, 6) is 0.0855. The standard InChI is InChI=1S/C37H51O7P/c1-6-37(4,5)36(40)43-32-21-25(3)35(44-45(41,28-13-9-7-10-14-28)29-15-11-8-12-16-29)31-19-17-24(2)30(34(31)32)20-18-27-22-26(38)23-33(39)42-27/h7-16,24-27,30-32,34-35,38H,6,17-23H2,1-5H3/t24-,25+,26+,27+,30-,31+,32-,34+,35+/m0/s1. The Bertz CT molecular complexity index is 1300. The number of aliphatic hydroxyl groups is 1. The molecule has 45 heavy (non-hydrogen) atoms. The maximum atomic E-state index is 15.1. The molecule has 2 aliphatic carbocycles. The summed E-state index contributed by atoms with van der Waals surface area (Å²) in [6, 6.07) is 19.0. The van der Waals surface area contributed by atoms with Gasteiger partial charge in [0.05, 0.1) is 24.0 Å². The molecule has 7 nitrogen and oxygen atoms in total. The van der Waals surface area contributed by atoms with Crippen LogP contribution in [0.2, 0.25) is 0 Å². The van der Waals surface area contributed by atoms with Gasteiger partial charge in [-0.25, -0.2) is 0 Å². The Morgan fingerprint density at radius 2 is 1.58 bits per heavy atom. The highest BCUT2D eigenvalue weighted by atomic mass is 31.2. The van der Waals surface area contributed by atoms with Crippen molar-refractivity contribution in [1.29, 1.82) is 0 Å². The van der Waals surface area contributed by atoms with Crippen molar-refractivity contribution >= 4 is 29.9 Å². The molecule has 0 radical (unpaired) electrons. The number of hydrogen-bond acceptors (Lipinski definition) is 7. The molecule has 0 unspecified atom stereocenters. The van der Waals surface area contributed by atoms with Crippen molar-refractivity contribution in [2.75, 3.05) is 0 Å². The lowest BCUT2D eigenvalue weighted by atomic mass is 9.57. The van der Waals surface area contributed by atoms with Crippen LogP contribution in [-0.2, 0) is 28.2 Å². The summed E-state index contributed by atoms with van der Waals surface area (Å²) in [7, 11) is -3.45. The normalized spacial score (nSPS) is 32.3. The Morgan fingerprint density at radius 1 is 0.956 bits per heavy atom. The molecule has 2 aromatic carbocycles. The first kappa shape index (κ1) is 33.9. The molecule has 2 aromatic rings. The number of carbonyl (C=O) groups is 2. The van der Waals surface area contributed by atoms with E-state index < -0.39 is 18.9 Å². The molecule has 246 valence electrons. The minimum absolute atomic E-state index is 0.00997. The number of ether oxygens (including phenoxy) is 2. The maximum absolute atomic E-state index is 15.1. The first-order valence-corrected chi connectivity index (χ1v) is 18.5. The third kappa shape index (κ3) is 7.42. The highest BCUT2D eigenvalue weighted by Crippen LogP contribution is 2.56. The number of hydrogen-bond donors (Lipinski definition) is 1. The summed E-state index contributed by atoms with van der Waals surface area (Å²) in [6.45, 7) is 10.3. The summed E-state index contributed by atoms with van der Waals surface area (Å²) < 4.78 is 34.2. The lowest BCUT2D eigenvalue weighted by Crippen LogP contribution is -2.54. The molecule has 0 bridgehead atoms. The monoisotopic (exact) mass is 638 g/mol. The Balaban J connectivity index is 1.48. The molecule has 0 spiro atoms. The van der Waals surface area contributed by atoms with Crippen molar-refractivity contribution in [3.8, 4) is 0 Å². The van der Waals surface area contributed by atoms with Crippen molar-refractivity contribution in [3.05, 3.63) is 60.7 Å². The van der Waals surface area contributed by atoms with Crippen LogP contribution in [-0.4, -0.2) is 41.5 Å². The van der Waals surface area contributed by atoms with E-state index in [-0.39, 0.29) is 60.3 Å². The highest BCUT2D eigenvalue weighted by molar-refractivity contribution is 7.74. The van der Waals surface area contributed by atoms with Gasteiger partial charge in [0.2, 0.25) is 0 Å². The Morgan fingerprint density at radius 3 is 2.16 bits per heavy atom. The van der Waals surface area contributed by atoms with Crippen molar-refractivity contribution in [3.63, 3.8) is 0 Å². The third-order valence-electron chi connectivity index (χ3n) is 10.9. The van der Waals surface area contributed by atoms with Gasteiger partial charge >= 0.3 is 11.9 Å². The number of aliphatic hydroxyl groups excluding tert-OH is 1. The molecule has 2 saturated carbocycles. The van der Waals surface area contributed by atoms with Crippen LogP contribution in [0.25, 0.3) is 0 Å². The lowest BCUT2D eigenvalue weighted by Gasteiger charge is -2.53. The van der Waals surface area contributed by atoms with E-state index in [2.05, 4.69) is 13.8 Å². The molecule has 1 saturated heterocycles. The molecule has 3 fully saturated rings. The summed E-state index contributed by atoms with van der Waals surface area (Å²) in [5.41, 5.74) is -0.593. The minimum atomic E-state index is -3.45. The van der Waals surface area contributed by atoms with Gasteiger partial charge in [-0.1, -0.05) is 63.6 Å². The van der Waals surface area contributed by atoms with E-state index in [9.17, 15) is 14.7 Å². The number of esters is 2. The van der Waals surface area contributed by atoms with Crippen molar-refractivity contribution in [1.82, 2.24) is 0 Å². The molecule has 1 aliphatic heterocycles. The van der Waals surface area contributed by atoms with E-state index in [4.69, 9.17) is 14.0 Å². The summed E-state index contributed by atoms with van der Waals surface area (Å²) in [5, 5.41) is 11.6. The average molecular weight is 639 g/mol. The van der Waals surface area contributed by atoms with E-state index in [1.165, 1.54) is 0 Å². The van der Waals surface area contributed by atoms with Gasteiger partial charge in [-0.05, 0) is 93.9 Å². The molecular weight excluding hydrogens is 587 g/mol. The average Bonchev–Trinajstić information content (AvgIpc) is 3.02. The summed E-state index contributed by atoms with van der Waals surface area (Å²) >= 11 is 0. The number of carbonyl (C=O) groups excluding carboxylic acids is 2. The van der Waals surface area contributed by atoms with E-state index in [0.29, 0.717) is 42.2 Å². The molecule has 3 aliphatic rings. The van der Waals surface area contributed by atoms with Crippen LogP contribution in [0.5, 0.6) is 0 Å². The lowest BCUT2D eigenvalue weighted by molar-refractivity contribution is -0.181. The van der Waals surface area contributed by atoms with Gasteiger partial charge < -0.3 is 19.1 Å². The molecule has 1 heterocycles. The molecule has 0 amide bonds. The van der Waals surface area contributed by atoms with Crippen molar-refractivity contribution in [2.24, 2.45) is 35.0 Å². The van der Waals surface area contributed by atoms with Crippen LogP contribution in [0.4, 0.5) is 0 Å². The van der Waals surface area contributed by atoms with Gasteiger partial charge in [0.25, 0.3) is 7.37 Å². The molecule has 0 aromatic heterocycles. The van der Waals surface area contributed by atoms with E-state index >= 15 is 4.57 Å². The van der Waals surface area contributed by atoms with Gasteiger partial charge in [0.15, 0.2) is 0 Å². The van der Waals surface area contributed by atoms with Crippen LogP contribution < -0.4 is 10.6 Å². The van der Waals surface area contributed by atoms with Gasteiger partial charge in [0.1, 0.15) is 12.2 Å². The number of benzene rings is 2. The number of cyclic esters (lactones) is 1. The summed E-state index contributed by atoms with van der Waals surface area (Å²) in [6.07, 6.45) is 3.54. The maximum Gasteiger partial charge on any atom is 0.311 e. The van der Waals surface area contributed by atoms with Crippen LogP contribution in [0.15, 0.2) is 60.7 Å². The van der Waals surface area contributed by atoms with Gasteiger partial charge in [-0.3, -0.25) is 14.2 Å². The molecule has 8 heteroatoms. The topological polar surface area (TPSA) is 99.1 Å². The fraction of sp³-hybridized carbons (Fsp3) is 0.622. The molecular formula is C37H51O7P. The molecule has 1 N–H and O–H groups in total. The first-order valence-electron chi connectivity index (χ1n) is 16.9. The van der Waals surface area contributed by atoms with Crippen LogP contribution in [0.1, 0.15) is 86.0 Å². The van der Waals surface area contributed by atoms with Crippen molar-refractivity contribution < 1.29 is 33.3 Å². The number of fused-ring (bicyclic) bond motifs is 1. The van der Waals surface area contributed by atoms with E-state index in [1.807, 2.05) is 81.4 Å². The zero-order chi connectivity index (χ0) is 32.4. The van der Waals surface area contributed by atoms with Crippen molar-refractivity contribution in [2.45, 2.75) is 110 Å². The Hall–Kier alpha value is -2.47. The largest absolute Gasteiger partial charge is 0.462 e. The fourth-order valence-corrected chi connectivity index (χ4v) is 10.3. The SMILES string of the molecule is CCC(C)(C)C(=O)O[C@H]1C[C@@H](C)[C@@H](OP(=O)(c2ccccc2)c2ccccc2)[C@@H]2CC[C@H](C)[C@H](CC[C@@H]3C[C@@H](O)CC(=O)O3)[C@H]21. The molecule has 9 atom stereocenters. The van der Waals surface area contributed by atoms with Gasteiger partial charge in [0, 0.05) is 22.9 Å².